The zero-order chi connectivity index (χ0) is 47.9. The lowest BCUT2D eigenvalue weighted by atomic mass is 9.86. The highest BCUT2D eigenvalue weighted by molar-refractivity contribution is 6.06. The van der Waals surface area contributed by atoms with Crippen molar-refractivity contribution in [3.63, 3.8) is 0 Å². The van der Waals surface area contributed by atoms with Gasteiger partial charge in [-0.05, 0) is 136 Å². The van der Waals surface area contributed by atoms with Gasteiger partial charge in [0.15, 0.2) is 0 Å². The molecule has 70 heavy (non-hydrogen) atoms. The van der Waals surface area contributed by atoms with Crippen LogP contribution in [-0.2, 0) is 16.1 Å². The Labute approximate surface area is 409 Å². The molecule has 3 aromatic carbocycles. The Bertz CT molecular complexity index is 2590. The van der Waals surface area contributed by atoms with E-state index in [2.05, 4.69) is 45.9 Å². The zero-order valence-electron chi connectivity index (χ0n) is 40.0. The fourth-order valence-electron chi connectivity index (χ4n) is 12.4. The van der Waals surface area contributed by atoms with E-state index in [-0.39, 0.29) is 36.2 Å². The van der Waals surface area contributed by atoms with Crippen molar-refractivity contribution in [1.82, 2.24) is 39.6 Å². The summed E-state index contributed by atoms with van der Waals surface area (Å²) in [6, 6.07) is 23.6. The minimum atomic E-state index is -0.610. The molecule has 0 bridgehead atoms. The van der Waals surface area contributed by atoms with E-state index >= 15 is 0 Å². The van der Waals surface area contributed by atoms with Crippen LogP contribution in [0.1, 0.15) is 90.1 Å². The second-order valence-corrected chi connectivity index (χ2v) is 20.4. The molecule has 1 aromatic heterocycles. The number of ether oxygens (including phenoxy) is 1. The predicted octanol–water partition coefficient (Wildman–Crippen LogP) is 5.39. The standard InChI is InChI=1S/C53H65N11O6/c54-49(66)47-48(37-6-9-42(10-7-37)70-41-4-2-1-3-5-41)57-64-44(14-21-55-50(47)64)36-17-22-58(23-18-36)33-35-15-24-61(25-16-35)53(69)62-26-19-39(20-27-62)59-28-30-60(31-29-59)40-8-11-43-38(32-40)34-63(52(43)68)45-12-13-46(65)56-51(45)67/h1-11,32,35-36,39,44-45,55H,12-31,33-34H2,(H2,54,66)(H,56,65,67). The number of nitrogens with two attached hydrogens (primary N) is 1. The van der Waals surface area contributed by atoms with Crippen LogP contribution in [0.25, 0.3) is 11.3 Å². The molecule has 11 rings (SSSR count). The number of aromatic nitrogens is 2. The lowest BCUT2D eigenvalue weighted by molar-refractivity contribution is -0.136. The number of piperazine rings is 1. The van der Waals surface area contributed by atoms with Gasteiger partial charge in [0.1, 0.15) is 34.6 Å². The van der Waals surface area contributed by atoms with Crippen LogP contribution in [-0.4, -0.2) is 155 Å². The Morgan fingerprint density at radius 2 is 1.44 bits per heavy atom. The smallest absolute Gasteiger partial charge is 0.319 e. The van der Waals surface area contributed by atoms with Gasteiger partial charge in [0.25, 0.3) is 11.8 Å². The Morgan fingerprint density at radius 1 is 0.743 bits per heavy atom. The van der Waals surface area contributed by atoms with Gasteiger partial charge in [0.05, 0.1) is 6.04 Å². The van der Waals surface area contributed by atoms with Gasteiger partial charge >= 0.3 is 6.03 Å². The van der Waals surface area contributed by atoms with Crippen LogP contribution in [0.15, 0.2) is 72.8 Å². The summed E-state index contributed by atoms with van der Waals surface area (Å²) in [5.41, 5.74) is 10.6. The lowest BCUT2D eigenvalue weighted by Crippen LogP contribution is -2.55. The third kappa shape index (κ3) is 9.32. The molecule has 4 aromatic rings. The fourth-order valence-corrected chi connectivity index (χ4v) is 12.4. The first-order chi connectivity index (χ1) is 34.1. The quantitative estimate of drug-likeness (QED) is 0.174. The SMILES string of the molecule is NC(=O)c1c(-c2ccc(Oc3ccccc3)cc2)nn2c1NCCC2C1CCN(CC2CCN(C(=O)N3CCC(N4CCN(c5ccc6c(c5)CN(C5CCC(=O)NC5=O)C6=O)CC4)CC3)CC2)CC1. The molecule has 8 heterocycles. The maximum Gasteiger partial charge on any atom is 0.319 e. The number of amides is 6. The Balaban J connectivity index is 0.609. The van der Waals surface area contributed by atoms with Crippen LogP contribution in [0.2, 0.25) is 0 Å². The Morgan fingerprint density at radius 3 is 2.14 bits per heavy atom. The Kier molecular flexibility index (Phi) is 13.0. The number of urea groups is 1. The van der Waals surface area contributed by atoms with E-state index in [1.54, 1.807) is 4.90 Å². The van der Waals surface area contributed by atoms with Crippen molar-refractivity contribution in [3.05, 3.63) is 89.5 Å². The van der Waals surface area contributed by atoms with E-state index in [1.165, 1.54) is 0 Å². The van der Waals surface area contributed by atoms with E-state index in [0.29, 0.717) is 53.4 Å². The summed E-state index contributed by atoms with van der Waals surface area (Å²) in [4.78, 5) is 77.5. The highest BCUT2D eigenvalue weighted by atomic mass is 16.5. The number of anilines is 2. The summed E-state index contributed by atoms with van der Waals surface area (Å²) in [7, 11) is 0. The molecule has 368 valence electrons. The molecule has 5 fully saturated rings. The highest BCUT2D eigenvalue weighted by Crippen LogP contribution is 2.41. The fraction of sp³-hybridized carbons (Fsp3) is 0.509. The van der Waals surface area contributed by atoms with Crippen molar-refractivity contribution < 1.29 is 28.7 Å². The van der Waals surface area contributed by atoms with Gasteiger partial charge in [0.2, 0.25) is 11.8 Å². The first-order valence-corrected chi connectivity index (χ1v) is 25.7. The second-order valence-electron chi connectivity index (χ2n) is 20.4. The molecule has 0 spiro atoms. The molecule has 0 aliphatic carbocycles. The predicted molar refractivity (Wildman–Crippen MR) is 265 cm³/mol. The van der Waals surface area contributed by atoms with Crippen LogP contribution < -0.4 is 26.0 Å². The molecule has 2 atom stereocenters. The number of nitrogens with zero attached hydrogens (tertiary/aromatic N) is 8. The number of rotatable bonds is 10. The van der Waals surface area contributed by atoms with Gasteiger partial charge in [0, 0.05) is 101 Å². The van der Waals surface area contributed by atoms with Crippen LogP contribution in [0, 0.1) is 11.8 Å². The Hall–Kier alpha value is -6.46. The zero-order valence-corrected chi connectivity index (χ0v) is 40.0. The normalized spacial score (nSPS) is 23.2. The lowest BCUT2D eigenvalue weighted by Gasteiger charge is -2.44. The van der Waals surface area contributed by atoms with Crippen molar-refractivity contribution in [2.24, 2.45) is 17.6 Å². The number of para-hydroxylation sites is 1. The summed E-state index contributed by atoms with van der Waals surface area (Å²) >= 11 is 0. The average molecular weight is 952 g/mol. The van der Waals surface area contributed by atoms with Gasteiger partial charge < -0.3 is 40.3 Å². The van der Waals surface area contributed by atoms with E-state index in [4.69, 9.17) is 15.6 Å². The molecule has 17 heteroatoms. The topological polar surface area (TPSA) is 182 Å². The number of hydrogen-bond acceptors (Lipinski definition) is 11. The van der Waals surface area contributed by atoms with Crippen LogP contribution >= 0.6 is 0 Å². The third-order valence-electron chi connectivity index (χ3n) is 16.3. The molecule has 4 N–H and O–H groups in total. The van der Waals surface area contributed by atoms with Crippen molar-refractivity contribution in [3.8, 4) is 22.8 Å². The van der Waals surface area contributed by atoms with Gasteiger partial charge in [-0.1, -0.05) is 18.2 Å². The maximum absolute atomic E-state index is 13.8. The molecular formula is C53H65N11O6. The number of carbonyl (C=O) groups is 5. The van der Waals surface area contributed by atoms with Crippen LogP contribution in [0.5, 0.6) is 11.5 Å². The third-order valence-corrected chi connectivity index (χ3v) is 16.3. The van der Waals surface area contributed by atoms with Crippen molar-refractivity contribution in [2.45, 2.75) is 82.5 Å². The number of hydrogen-bond donors (Lipinski definition) is 3. The van der Waals surface area contributed by atoms with Gasteiger partial charge in [-0.25, -0.2) is 9.48 Å². The molecule has 0 saturated carbocycles. The highest BCUT2D eigenvalue weighted by Gasteiger charge is 2.41. The number of imide groups is 1. The molecule has 7 aliphatic heterocycles. The summed E-state index contributed by atoms with van der Waals surface area (Å²) in [6.45, 7) is 11.2. The largest absolute Gasteiger partial charge is 0.457 e. The van der Waals surface area contributed by atoms with Crippen LogP contribution in [0.4, 0.5) is 16.3 Å². The number of benzene rings is 3. The number of likely N-dealkylation sites (tertiary alicyclic amines) is 3. The van der Waals surface area contributed by atoms with Crippen LogP contribution in [0.3, 0.4) is 0 Å². The van der Waals surface area contributed by atoms with Crippen molar-refractivity contribution in [2.75, 3.05) is 88.8 Å². The first-order valence-electron chi connectivity index (χ1n) is 25.7. The minimum Gasteiger partial charge on any atom is -0.457 e. The monoisotopic (exact) mass is 952 g/mol. The molecule has 2 unspecified atom stereocenters. The molecule has 7 aliphatic rings. The van der Waals surface area contributed by atoms with Crippen molar-refractivity contribution in [1.29, 1.82) is 0 Å². The van der Waals surface area contributed by atoms with Crippen molar-refractivity contribution >= 4 is 41.2 Å². The molecule has 6 amide bonds. The number of nitrogens with one attached hydrogen (secondary N) is 2. The molecule has 17 nitrogen and oxygen atoms in total. The summed E-state index contributed by atoms with van der Waals surface area (Å²) in [5.74, 6) is 1.93. The van der Waals surface area contributed by atoms with E-state index in [0.717, 1.165) is 152 Å². The summed E-state index contributed by atoms with van der Waals surface area (Å²) in [5, 5.41) is 10.9. The second kappa shape index (κ2) is 19.7. The van der Waals surface area contributed by atoms with Gasteiger partial charge in [-0.3, -0.25) is 29.4 Å². The first kappa shape index (κ1) is 46.0. The average Bonchev–Trinajstić information content (AvgIpc) is 3.95. The van der Waals surface area contributed by atoms with E-state index in [9.17, 15) is 24.0 Å². The summed E-state index contributed by atoms with van der Waals surface area (Å²) in [6.07, 6.45) is 7.75. The van der Waals surface area contributed by atoms with Gasteiger partial charge in [-0.15, -0.1) is 0 Å². The number of primary amides is 1. The molecule has 5 saturated heterocycles. The summed E-state index contributed by atoms with van der Waals surface area (Å²) < 4.78 is 8.05. The maximum atomic E-state index is 13.8. The minimum absolute atomic E-state index is 0.143. The number of fused-ring (bicyclic) bond motifs is 2. The molecule has 0 radical (unpaired) electrons. The molecular weight excluding hydrogens is 887 g/mol. The van der Waals surface area contributed by atoms with E-state index in [1.807, 2.05) is 66.7 Å². The number of piperidine rings is 4. The van der Waals surface area contributed by atoms with Gasteiger partial charge in [-0.2, -0.15) is 5.10 Å². The number of carbonyl (C=O) groups excluding carboxylic acids is 5. The van der Waals surface area contributed by atoms with E-state index < -0.39 is 11.9 Å².